The van der Waals surface area contributed by atoms with Crippen LogP contribution in [0.1, 0.15) is 32.1 Å². The zero-order valence-electron chi connectivity index (χ0n) is 13.2. The molecule has 4 aliphatic carbocycles. The Kier molecular flexibility index (Phi) is 3.50. The minimum absolute atomic E-state index is 0.406. The van der Waals surface area contributed by atoms with Crippen LogP contribution in [0.15, 0.2) is 35.2 Å². The van der Waals surface area contributed by atoms with Crippen molar-refractivity contribution in [3.63, 3.8) is 0 Å². The summed E-state index contributed by atoms with van der Waals surface area (Å²) in [6.45, 7) is 0.406. The third kappa shape index (κ3) is 2.37. The largest absolute Gasteiger partial charge is 0.346 e. The van der Waals surface area contributed by atoms with Crippen LogP contribution in [0.3, 0.4) is 0 Å². The van der Waals surface area contributed by atoms with Crippen molar-refractivity contribution < 1.29 is 13.9 Å². The molecule has 0 unspecified atom stereocenters. The zero-order valence-corrected chi connectivity index (χ0v) is 14.0. The lowest BCUT2D eigenvalue weighted by Gasteiger charge is -2.58. The van der Waals surface area contributed by atoms with Gasteiger partial charge in [0.05, 0.1) is 6.61 Å². The molecule has 1 spiro atoms. The van der Waals surface area contributed by atoms with Crippen molar-refractivity contribution in [2.24, 2.45) is 23.7 Å². The van der Waals surface area contributed by atoms with Gasteiger partial charge in [-0.2, -0.15) is 0 Å². The highest BCUT2D eigenvalue weighted by atomic mass is 32.2. The summed E-state index contributed by atoms with van der Waals surface area (Å²) < 4.78 is 27.3. The lowest BCUT2D eigenvalue weighted by Crippen LogP contribution is -2.58. The standard InChI is InChI=1S/C19H23FO2S/c20-18(23-16-4-2-1-3-5-16)17-11-21-19(22-17)14-7-12-6-13(9-14)10-15(19)8-12/h1-5,12-15,17-18H,6-11H2/t12?,13?,14?,15?,17-,18+,19?/m1/s1. The fourth-order valence-corrected chi connectivity index (χ4v) is 6.48. The molecule has 1 aromatic carbocycles. The number of thioether (sulfide) groups is 1. The first-order valence-electron chi connectivity index (χ1n) is 8.90. The molecule has 5 aliphatic rings. The molecular weight excluding hydrogens is 311 g/mol. The zero-order chi connectivity index (χ0) is 15.4. The van der Waals surface area contributed by atoms with Crippen molar-refractivity contribution >= 4 is 11.8 Å². The molecule has 4 saturated carbocycles. The van der Waals surface area contributed by atoms with Crippen LogP contribution in [-0.4, -0.2) is 24.0 Å². The normalized spacial score (nSPS) is 45.7. The van der Waals surface area contributed by atoms with E-state index in [4.69, 9.17) is 9.47 Å². The molecule has 4 heteroatoms. The molecule has 0 N–H and O–H groups in total. The van der Waals surface area contributed by atoms with Crippen LogP contribution >= 0.6 is 11.8 Å². The summed E-state index contributed by atoms with van der Waals surface area (Å²) in [5.74, 6) is 2.28. The third-order valence-corrected chi connectivity index (χ3v) is 7.44. The maximum absolute atomic E-state index is 14.8. The molecular formula is C19H23FO2S. The number of rotatable bonds is 3. The van der Waals surface area contributed by atoms with Gasteiger partial charge in [0.2, 0.25) is 0 Å². The second-order valence-electron chi connectivity index (χ2n) is 7.78. The highest BCUT2D eigenvalue weighted by molar-refractivity contribution is 7.99. The summed E-state index contributed by atoms with van der Waals surface area (Å²) in [4.78, 5) is 0.953. The average molecular weight is 334 g/mol. The Labute approximate surface area is 141 Å². The van der Waals surface area contributed by atoms with E-state index in [0.29, 0.717) is 18.4 Å². The summed E-state index contributed by atoms with van der Waals surface area (Å²) in [6, 6.07) is 9.74. The molecule has 2 atom stereocenters. The number of ether oxygens (including phenoxy) is 2. The van der Waals surface area contributed by atoms with Gasteiger partial charge in [0.25, 0.3) is 0 Å². The van der Waals surface area contributed by atoms with Crippen LogP contribution in [0.25, 0.3) is 0 Å². The highest BCUT2D eigenvalue weighted by Crippen LogP contribution is 2.61. The molecule has 0 aromatic heterocycles. The predicted molar refractivity (Wildman–Crippen MR) is 87.8 cm³/mol. The van der Waals surface area contributed by atoms with Crippen LogP contribution in [0.4, 0.5) is 4.39 Å². The third-order valence-electron chi connectivity index (χ3n) is 6.37. The van der Waals surface area contributed by atoms with Crippen LogP contribution in [0.5, 0.6) is 0 Å². The maximum Gasteiger partial charge on any atom is 0.178 e. The van der Waals surface area contributed by atoms with Gasteiger partial charge in [-0.25, -0.2) is 4.39 Å². The molecule has 2 nitrogen and oxygen atoms in total. The highest BCUT2D eigenvalue weighted by Gasteiger charge is 2.62. The number of halogens is 1. The van der Waals surface area contributed by atoms with Gasteiger partial charge in [0.1, 0.15) is 6.10 Å². The minimum Gasteiger partial charge on any atom is -0.346 e. The summed E-state index contributed by atoms with van der Waals surface area (Å²) in [5, 5.41) is 0. The molecule has 0 amide bonds. The van der Waals surface area contributed by atoms with Gasteiger partial charge < -0.3 is 9.47 Å². The Morgan fingerprint density at radius 3 is 2.30 bits per heavy atom. The monoisotopic (exact) mass is 334 g/mol. The first-order chi connectivity index (χ1) is 11.2. The van der Waals surface area contributed by atoms with Crippen molar-refractivity contribution in [2.45, 2.75) is 54.4 Å². The number of alkyl halides is 1. The summed E-state index contributed by atoms with van der Waals surface area (Å²) in [6.07, 6.45) is 5.87. The Balaban J connectivity index is 1.31. The van der Waals surface area contributed by atoms with Gasteiger partial charge >= 0.3 is 0 Å². The maximum atomic E-state index is 14.8. The lowest BCUT2D eigenvalue weighted by molar-refractivity contribution is -0.295. The number of hydrogen-bond acceptors (Lipinski definition) is 3. The van der Waals surface area contributed by atoms with Gasteiger partial charge in [-0.3, -0.25) is 0 Å². The van der Waals surface area contributed by atoms with E-state index in [-0.39, 0.29) is 0 Å². The Bertz CT molecular complexity index is 550. The second-order valence-corrected chi connectivity index (χ2v) is 8.93. The summed E-state index contributed by atoms with van der Waals surface area (Å²) in [7, 11) is 0. The molecule has 124 valence electrons. The van der Waals surface area contributed by atoms with Crippen molar-refractivity contribution in [2.75, 3.05) is 6.61 Å². The fraction of sp³-hybridized carbons (Fsp3) is 0.684. The van der Waals surface area contributed by atoms with Crippen LogP contribution in [0.2, 0.25) is 0 Å². The summed E-state index contributed by atoms with van der Waals surface area (Å²) >= 11 is 1.25. The smallest absolute Gasteiger partial charge is 0.178 e. The quantitative estimate of drug-likeness (QED) is 0.750. The van der Waals surface area contributed by atoms with Gasteiger partial charge in [0, 0.05) is 16.7 Å². The van der Waals surface area contributed by atoms with E-state index in [1.807, 2.05) is 30.3 Å². The van der Waals surface area contributed by atoms with Crippen LogP contribution in [0, 0.1) is 23.7 Å². The van der Waals surface area contributed by atoms with E-state index >= 15 is 0 Å². The van der Waals surface area contributed by atoms with E-state index in [1.165, 1.54) is 43.9 Å². The lowest BCUT2D eigenvalue weighted by atomic mass is 9.53. The Hall–Kier alpha value is -0.580. The van der Waals surface area contributed by atoms with Crippen molar-refractivity contribution in [3.05, 3.63) is 30.3 Å². The van der Waals surface area contributed by atoms with E-state index in [1.54, 1.807) is 0 Å². The fourth-order valence-electron chi connectivity index (χ4n) is 5.62. The first kappa shape index (κ1) is 14.7. The van der Waals surface area contributed by atoms with Gasteiger partial charge in [-0.05, 0) is 56.1 Å². The number of hydrogen-bond donors (Lipinski definition) is 0. The minimum atomic E-state index is -1.06. The van der Waals surface area contributed by atoms with Gasteiger partial charge in [-0.1, -0.05) is 30.0 Å². The first-order valence-corrected chi connectivity index (χ1v) is 9.78. The van der Waals surface area contributed by atoms with Crippen molar-refractivity contribution in [1.82, 2.24) is 0 Å². The predicted octanol–water partition coefficient (Wildman–Crippen LogP) is 4.64. The number of benzene rings is 1. The molecule has 4 bridgehead atoms. The Morgan fingerprint density at radius 2 is 1.65 bits per heavy atom. The van der Waals surface area contributed by atoms with Gasteiger partial charge in [-0.15, -0.1) is 0 Å². The van der Waals surface area contributed by atoms with Crippen LogP contribution in [-0.2, 0) is 9.47 Å². The molecule has 5 fully saturated rings. The SMILES string of the molecule is F[C@@H](Sc1ccccc1)[C@H]1COC2(O1)C1CC3CC(C1)CC2C3. The Morgan fingerprint density at radius 1 is 1.00 bits per heavy atom. The molecule has 1 saturated heterocycles. The molecule has 0 radical (unpaired) electrons. The second kappa shape index (κ2) is 5.47. The average Bonchev–Trinajstić information content (AvgIpc) is 2.99. The molecule has 6 rings (SSSR count). The molecule has 1 heterocycles. The van der Waals surface area contributed by atoms with E-state index in [0.717, 1.165) is 16.7 Å². The van der Waals surface area contributed by atoms with Gasteiger partial charge in [0.15, 0.2) is 11.3 Å². The molecule has 23 heavy (non-hydrogen) atoms. The molecule has 1 aliphatic heterocycles. The van der Waals surface area contributed by atoms with Crippen molar-refractivity contribution in [1.29, 1.82) is 0 Å². The van der Waals surface area contributed by atoms with E-state index < -0.39 is 17.4 Å². The summed E-state index contributed by atoms with van der Waals surface area (Å²) in [5.41, 5.74) is -1.06. The van der Waals surface area contributed by atoms with E-state index in [2.05, 4.69) is 0 Å². The topological polar surface area (TPSA) is 18.5 Å². The van der Waals surface area contributed by atoms with Crippen LogP contribution < -0.4 is 0 Å². The van der Waals surface area contributed by atoms with E-state index in [9.17, 15) is 4.39 Å². The molecule has 1 aromatic rings. The van der Waals surface area contributed by atoms with Crippen molar-refractivity contribution in [3.8, 4) is 0 Å².